The maximum atomic E-state index is 5.91. The lowest BCUT2D eigenvalue weighted by atomic mass is 9.80. The minimum atomic E-state index is 0.329. The fraction of sp³-hybridized carbons (Fsp3) is 0.615. The molecule has 1 heterocycles. The second-order valence-corrected chi connectivity index (χ2v) is 4.96. The van der Waals surface area contributed by atoms with E-state index in [9.17, 15) is 0 Å². The summed E-state index contributed by atoms with van der Waals surface area (Å²) < 4.78 is 5.91. The first-order valence-electron chi connectivity index (χ1n) is 6.02. The van der Waals surface area contributed by atoms with Gasteiger partial charge in [-0.25, -0.2) is 0 Å². The van der Waals surface area contributed by atoms with E-state index in [1.54, 1.807) is 12.4 Å². The number of nitrogens with zero attached hydrogens (tertiary/aromatic N) is 1. The molecule has 1 aromatic heterocycles. The molecule has 3 heteroatoms. The normalized spacial score (nSPS) is 30.0. The zero-order chi connectivity index (χ0) is 11.5. The Balaban J connectivity index is 1.95. The van der Waals surface area contributed by atoms with Crippen molar-refractivity contribution in [3.8, 4) is 5.75 Å². The highest BCUT2D eigenvalue weighted by atomic mass is 16.5. The highest BCUT2D eigenvalue weighted by Gasteiger charge is 2.25. The second kappa shape index (κ2) is 4.73. The largest absolute Gasteiger partial charge is 0.489 e. The Bertz CT molecular complexity index is 354. The fourth-order valence-corrected chi connectivity index (χ4v) is 2.30. The summed E-state index contributed by atoms with van der Waals surface area (Å²) in [4.78, 5) is 4.03. The first-order valence-corrected chi connectivity index (χ1v) is 6.02. The molecular weight excluding hydrogens is 200 g/mol. The van der Waals surface area contributed by atoms with Crippen LogP contribution in [0.2, 0.25) is 0 Å². The number of hydrogen-bond donors (Lipinski definition) is 1. The molecule has 0 aliphatic heterocycles. The van der Waals surface area contributed by atoms with Crippen molar-refractivity contribution in [2.75, 3.05) is 5.73 Å². The van der Waals surface area contributed by atoms with E-state index >= 15 is 0 Å². The van der Waals surface area contributed by atoms with Crippen LogP contribution in [0.3, 0.4) is 0 Å². The fourth-order valence-electron chi connectivity index (χ4n) is 2.30. The van der Waals surface area contributed by atoms with E-state index in [2.05, 4.69) is 18.8 Å². The summed E-state index contributed by atoms with van der Waals surface area (Å²) in [7, 11) is 0. The average Bonchev–Trinajstić information content (AvgIpc) is 2.24. The van der Waals surface area contributed by atoms with E-state index < -0.39 is 0 Å². The quantitative estimate of drug-likeness (QED) is 0.833. The molecule has 0 saturated heterocycles. The molecule has 0 bridgehead atoms. The Morgan fingerprint density at radius 2 is 2.06 bits per heavy atom. The molecule has 3 unspecified atom stereocenters. The number of rotatable bonds is 2. The van der Waals surface area contributed by atoms with Gasteiger partial charge >= 0.3 is 0 Å². The third-order valence-electron chi connectivity index (χ3n) is 3.59. The van der Waals surface area contributed by atoms with Crippen LogP contribution in [0.4, 0.5) is 5.69 Å². The smallest absolute Gasteiger partial charge is 0.140 e. The first-order chi connectivity index (χ1) is 7.65. The van der Waals surface area contributed by atoms with Crippen LogP contribution < -0.4 is 10.5 Å². The maximum absolute atomic E-state index is 5.91. The number of anilines is 1. The van der Waals surface area contributed by atoms with Crippen molar-refractivity contribution in [3.05, 3.63) is 18.5 Å². The van der Waals surface area contributed by atoms with Gasteiger partial charge in [-0.1, -0.05) is 13.8 Å². The predicted molar refractivity (Wildman–Crippen MR) is 65.2 cm³/mol. The molecule has 2 rings (SSSR count). The Labute approximate surface area is 97.0 Å². The molecule has 16 heavy (non-hydrogen) atoms. The Kier molecular flexibility index (Phi) is 3.32. The lowest BCUT2D eigenvalue weighted by Gasteiger charge is -2.32. The molecule has 3 atom stereocenters. The van der Waals surface area contributed by atoms with Crippen LogP contribution in [0.25, 0.3) is 0 Å². The number of nitrogens with two attached hydrogens (primary N) is 1. The molecule has 0 spiro atoms. The average molecular weight is 220 g/mol. The van der Waals surface area contributed by atoms with Gasteiger partial charge in [0.05, 0.1) is 24.2 Å². The lowest BCUT2D eigenvalue weighted by Crippen LogP contribution is -2.28. The molecule has 1 fully saturated rings. The van der Waals surface area contributed by atoms with Gasteiger partial charge < -0.3 is 10.5 Å². The molecule has 3 nitrogen and oxygen atoms in total. The standard InChI is InChI=1S/C13H20N2O/c1-9-3-4-12(5-10(9)2)16-13-6-11(14)7-15-8-13/h6-10,12H,3-5,14H2,1-2H3. The monoisotopic (exact) mass is 220 g/mol. The summed E-state index contributed by atoms with van der Waals surface area (Å²) in [5, 5.41) is 0. The van der Waals surface area contributed by atoms with Crippen LogP contribution in [-0.4, -0.2) is 11.1 Å². The third-order valence-corrected chi connectivity index (χ3v) is 3.59. The predicted octanol–water partition coefficient (Wildman–Crippen LogP) is 2.87. The van der Waals surface area contributed by atoms with Gasteiger partial charge in [-0.05, 0) is 31.1 Å². The number of hydrogen-bond acceptors (Lipinski definition) is 3. The van der Waals surface area contributed by atoms with E-state index in [-0.39, 0.29) is 0 Å². The minimum Gasteiger partial charge on any atom is -0.489 e. The maximum Gasteiger partial charge on any atom is 0.140 e. The molecule has 2 N–H and O–H groups in total. The molecular formula is C13H20N2O. The van der Waals surface area contributed by atoms with E-state index in [1.165, 1.54) is 6.42 Å². The second-order valence-electron chi connectivity index (χ2n) is 4.96. The van der Waals surface area contributed by atoms with Crippen molar-refractivity contribution in [3.63, 3.8) is 0 Å². The minimum absolute atomic E-state index is 0.329. The highest BCUT2D eigenvalue weighted by molar-refractivity contribution is 5.40. The van der Waals surface area contributed by atoms with Gasteiger partial charge in [-0.2, -0.15) is 0 Å². The van der Waals surface area contributed by atoms with Gasteiger partial charge in [0.2, 0.25) is 0 Å². The van der Waals surface area contributed by atoms with E-state index in [4.69, 9.17) is 10.5 Å². The van der Waals surface area contributed by atoms with Gasteiger partial charge in [-0.15, -0.1) is 0 Å². The van der Waals surface area contributed by atoms with E-state index in [0.29, 0.717) is 11.8 Å². The van der Waals surface area contributed by atoms with Gasteiger partial charge in [0.25, 0.3) is 0 Å². The summed E-state index contributed by atoms with van der Waals surface area (Å²) in [5.41, 5.74) is 6.33. The van der Waals surface area contributed by atoms with Crippen molar-refractivity contribution in [1.82, 2.24) is 4.98 Å². The summed E-state index contributed by atoms with van der Waals surface area (Å²) in [6.45, 7) is 4.63. The molecule has 1 aromatic rings. The number of nitrogen functional groups attached to an aromatic ring is 1. The molecule has 1 aliphatic rings. The molecule has 1 aliphatic carbocycles. The van der Waals surface area contributed by atoms with Crippen LogP contribution in [0.15, 0.2) is 18.5 Å². The SMILES string of the molecule is CC1CCC(Oc2cncc(N)c2)CC1C. The zero-order valence-electron chi connectivity index (χ0n) is 10.0. The number of aromatic nitrogens is 1. The summed E-state index contributed by atoms with van der Waals surface area (Å²) in [6.07, 6.45) is 7.23. The third kappa shape index (κ3) is 2.65. The van der Waals surface area contributed by atoms with E-state index in [0.717, 1.165) is 30.4 Å². The van der Waals surface area contributed by atoms with Gasteiger partial charge in [0.1, 0.15) is 5.75 Å². The van der Waals surface area contributed by atoms with Gasteiger partial charge in [-0.3, -0.25) is 4.98 Å². The van der Waals surface area contributed by atoms with Gasteiger partial charge in [0, 0.05) is 6.07 Å². The highest BCUT2D eigenvalue weighted by Crippen LogP contribution is 2.31. The first kappa shape index (κ1) is 11.2. The van der Waals surface area contributed by atoms with Crippen molar-refractivity contribution in [2.24, 2.45) is 11.8 Å². The van der Waals surface area contributed by atoms with Crippen molar-refractivity contribution < 1.29 is 4.74 Å². The van der Waals surface area contributed by atoms with Crippen molar-refractivity contribution in [2.45, 2.75) is 39.2 Å². The molecule has 1 saturated carbocycles. The molecule has 0 radical (unpaired) electrons. The van der Waals surface area contributed by atoms with Crippen LogP contribution in [0.5, 0.6) is 5.75 Å². The van der Waals surface area contributed by atoms with Crippen LogP contribution >= 0.6 is 0 Å². The van der Waals surface area contributed by atoms with Gasteiger partial charge in [0.15, 0.2) is 0 Å². The molecule has 88 valence electrons. The lowest BCUT2D eigenvalue weighted by molar-refractivity contribution is 0.100. The Morgan fingerprint density at radius 3 is 2.75 bits per heavy atom. The summed E-state index contributed by atoms with van der Waals surface area (Å²) in [5.74, 6) is 2.36. The molecule has 0 amide bonds. The van der Waals surface area contributed by atoms with Crippen LogP contribution in [0.1, 0.15) is 33.1 Å². The number of pyridine rings is 1. The van der Waals surface area contributed by atoms with Crippen LogP contribution in [-0.2, 0) is 0 Å². The van der Waals surface area contributed by atoms with Crippen molar-refractivity contribution >= 4 is 5.69 Å². The number of ether oxygens (including phenoxy) is 1. The Hall–Kier alpha value is -1.25. The summed E-state index contributed by atoms with van der Waals surface area (Å²) >= 11 is 0. The zero-order valence-corrected chi connectivity index (χ0v) is 10.0. The van der Waals surface area contributed by atoms with Crippen molar-refractivity contribution in [1.29, 1.82) is 0 Å². The topological polar surface area (TPSA) is 48.1 Å². The van der Waals surface area contributed by atoms with Crippen LogP contribution in [0, 0.1) is 11.8 Å². The summed E-state index contributed by atoms with van der Waals surface area (Å²) in [6, 6.07) is 1.84. The Morgan fingerprint density at radius 1 is 1.25 bits per heavy atom. The molecule has 0 aromatic carbocycles. The van der Waals surface area contributed by atoms with E-state index in [1.807, 2.05) is 6.07 Å².